The Kier molecular flexibility index (Phi) is 6.87. The summed E-state index contributed by atoms with van der Waals surface area (Å²) < 4.78 is 31.2. The van der Waals surface area contributed by atoms with E-state index in [2.05, 4.69) is 16.0 Å². The Labute approximate surface area is 198 Å². The molecule has 0 radical (unpaired) electrons. The minimum atomic E-state index is -3.90. The molecule has 10 heteroatoms. The first kappa shape index (κ1) is 23.7. The molecule has 2 fully saturated rings. The van der Waals surface area contributed by atoms with Crippen molar-refractivity contribution in [2.24, 2.45) is 0 Å². The second-order valence-electron chi connectivity index (χ2n) is 8.57. The highest BCUT2D eigenvalue weighted by molar-refractivity contribution is 7.92. The molecular weight excluding hydrogens is 458 g/mol. The van der Waals surface area contributed by atoms with Gasteiger partial charge in [0.1, 0.15) is 18.2 Å². The van der Waals surface area contributed by atoms with Crippen LogP contribution in [0.3, 0.4) is 0 Å². The fraction of sp³-hybridized carbons (Fsp3) is 0.375. The van der Waals surface area contributed by atoms with Gasteiger partial charge < -0.3 is 20.7 Å². The van der Waals surface area contributed by atoms with Gasteiger partial charge in [0.2, 0.25) is 21.7 Å². The number of carbonyl (C=O) groups is 3. The number of amides is 3. The van der Waals surface area contributed by atoms with E-state index >= 15 is 0 Å². The van der Waals surface area contributed by atoms with Crippen LogP contribution in [0.5, 0.6) is 0 Å². The van der Waals surface area contributed by atoms with E-state index in [-0.39, 0.29) is 11.5 Å². The summed E-state index contributed by atoms with van der Waals surface area (Å²) in [5, 5.41) is 6.38. The van der Waals surface area contributed by atoms with Crippen LogP contribution in [0.15, 0.2) is 65.6 Å². The molecular formula is C24H27N3O6S. The van der Waals surface area contributed by atoms with Crippen molar-refractivity contribution in [3.63, 3.8) is 0 Å². The third-order valence-corrected chi connectivity index (χ3v) is 8.25. The first-order chi connectivity index (χ1) is 16.3. The molecule has 2 unspecified atom stereocenters. The molecule has 0 bridgehead atoms. The molecule has 1 aliphatic carbocycles. The highest BCUT2D eigenvalue weighted by Crippen LogP contribution is 2.30. The molecule has 34 heavy (non-hydrogen) atoms. The van der Waals surface area contributed by atoms with Gasteiger partial charge in [-0.25, -0.2) is 13.2 Å². The molecule has 180 valence electrons. The molecule has 0 aromatic heterocycles. The molecule has 3 amide bonds. The van der Waals surface area contributed by atoms with Crippen LogP contribution in [0, 0.1) is 0 Å². The van der Waals surface area contributed by atoms with Crippen molar-refractivity contribution in [3.8, 4) is 0 Å². The summed E-state index contributed by atoms with van der Waals surface area (Å²) in [5.74, 6) is -1.17. The molecule has 1 heterocycles. The third kappa shape index (κ3) is 4.91. The van der Waals surface area contributed by atoms with Gasteiger partial charge in [0.25, 0.3) is 0 Å². The fourth-order valence-electron chi connectivity index (χ4n) is 4.31. The molecule has 2 aromatic carbocycles. The predicted octanol–water partition coefficient (Wildman–Crippen LogP) is 2.03. The summed E-state index contributed by atoms with van der Waals surface area (Å²) in [5.41, 5.74) is -0.469. The van der Waals surface area contributed by atoms with Crippen LogP contribution in [0.25, 0.3) is 0 Å². The van der Waals surface area contributed by atoms with E-state index in [1.54, 1.807) is 18.2 Å². The zero-order valence-electron chi connectivity index (χ0n) is 18.5. The number of hydrogen-bond acceptors (Lipinski definition) is 6. The SMILES string of the molecule is O=C(NC1(C(=O)NC2C(=O)NC2S(=O)(=O)c2ccccc2)CCCCC1)OCc1ccccc1. The van der Waals surface area contributed by atoms with Gasteiger partial charge in [0, 0.05) is 0 Å². The van der Waals surface area contributed by atoms with Crippen molar-refractivity contribution in [3.05, 3.63) is 66.2 Å². The van der Waals surface area contributed by atoms with Crippen molar-refractivity contribution in [1.29, 1.82) is 0 Å². The molecule has 1 saturated carbocycles. The molecule has 1 saturated heterocycles. The normalized spacial score (nSPS) is 21.5. The zero-order valence-corrected chi connectivity index (χ0v) is 19.3. The average molecular weight is 486 g/mol. The minimum absolute atomic E-state index is 0.0484. The quantitative estimate of drug-likeness (QED) is 0.515. The molecule has 4 rings (SSSR count). The maximum absolute atomic E-state index is 13.3. The highest BCUT2D eigenvalue weighted by Gasteiger charge is 2.51. The van der Waals surface area contributed by atoms with Crippen molar-refractivity contribution in [1.82, 2.24) is 16.0 Å². The number of ether oxygens (including phenoxy) is 1. The Balaban J connectivity index is 1.45. The van der Waals surface area contributed by atoms with E-state index in [4.69, 9.17) is 4.74 Å². The largest absolute Gasteiger partial charge is 0.445 e. The lowest BCUT2D eigenvalue weighted by Crippen LogP contribution is -2.74. The summed E-state index contributed by atoms with van der Waals surface area (Å²) in [4.78, 5) is 38.2. The second-order valence-corrected chi connectivity index (χ2v) is 10.6. The molecule has 9 nitrogen and oxygen atoms in total. The van der Waals surface area contributed by atoms with E-state index < -0.39 is 44.7 Å². The van der Waals surface area contributed by atoms with Gasteiger partial charge in [-0.15, -0.1) is 0 Å². The Hall–Kier alpha value is -3.40. The molecule has 2 aromatic rings. The Morgan fingerprint density at radius 3 is 2.21 bits per heavy atom. The third-order valence-electron chi connectivity index (χ3n) is 6.26. The molecule has 1 aliphatic heterocycles. The summed E-state index contributed by atoms with van der Waals surface area (Å²) in [6.07, 6.45) is 2.30. The smallest absolute Gasteiger partial charge is 0.408 e. The minimum Gasteiger partial charge on any atom is -0.445 e. The Bertz CT molecular complexity index is 1150. The number of sulfone groups is 1. The van der Waals surface area contributed by atoms with Gasteiger partial charge in [-0.3, -0.25) is 9.59 Å². The standard InChI is InChI=1S/C24H27N3O6S/c28-20-19(21(26-20)34(31,32)18-12-6-2-7-13-18)25-22(29)24(14-8-3-9-15-24)27-23(30)33-16-17-10-4-1-5-11-17/h1-2,4-7,10-13,19,21H,3,8-9,14-16H2,(H,25,29)(H,26,28)(H,27,30). The summed E-state index contributed by atoms with van der Waals surface area (Å²) in [6.45, 7) is 0.0484. The van der Waals surface area contributed by atoms with Gasteiger partial charge in [-0.05, 0) is 30.5 Å². The average Bonchev–Trinajstić information content (AvgIpc) is 2.86. The number of rotatable bonds is 7. The first-order valence-corrected chi connectivity index (χ1v) is 12.8. The summed E-state index contributed by atoms with van der Waals surface area (Å²) in [7, 11) is -3.90. The van der Waals surface area contributed by atoms with Crippen molar-refractivity contribution >= 4 is 27.7 Å². The molecule has 3 N–H and O–H groups in total. The van der Waals surface area contributed by atoms with Crippen LogP contribution < -0.4 is 16.0 Å². The van der Waals surface area contributed by atoms with E-state index in [0.29, 0.717) is 25.7 Å². The van der Waals surface area contributed by atoms with Crippen LogP contribution >= 0.6 is 0 Å². The van der Waals surface area contributed by atoms with E-state index in [0.717, 1.165) is 12.0 Å². The van der Waals surface area contributed by atoms with Gasteiger partial charge >= 0.3 is 6.09 Å². The lowest BCUT2D eigenvalue weighted by molar-refractivity contribution is -0.137. The van der Waals surface area contributed by atoms with E-state index in [1.807, 2.05) is 30.3 Å². The molecule has 2 aliphatic rings. The van der Waals surface area contributed by atoms with Crippen LogP contribution in [0.2, 0.25) is 0 Å². The van der Waals surface area contributed by atoms with Gasteiger partial charge in [-0.2, -0.15) is 0 Å². The Morgan fingerprint density at radius 1 is 0.971 bits per heavy atom. The van der Waals surface area contributed by atoms with Crippen LogP contribution in [0.1, 0.15) is 37.7 Å². The van der Waals surface area contributed by atoms with Gasteiger partial charge in [-0.1, -0.05) is 67.8 Å². The number of alkyl carbamates (subject to hydrolysis) is 1. The predicted molar refractivity (Wildman–Crippen MR) is 123 cm³/mol. The summed E-state index contributed by atoms with van der Waals surface area (Å²) >= 11 is 0. The van der Waals surface area contributed by atoms with E-state index in [9.17, 15) is 22.8 Å². The number of hydrogen-bond donors (Lipinski definition) is 3. The van der Waals surface area contributed by atoms with Gasteiger partial charge in [0.05, 0.1) is 4.90 Å². The second kappa shape index (κ2) is 9.84. The highest BCUT2D eigenvalue weighted by atomic mass is 32.2. The number of carbonyl (C=O) groups excluding carboxylic acids is 3. The number of benzene rings is 2. The van der Waals surface area contributed by atoms with Crippen LogP contribution in [-0.2, 0) is 30.8 Å². The first-order valence-electron chi connectivity index (χ1n) is 11.2. The van der Waals surface area contributed by atoms with Crippen LogP contribution in [-0.4, -0.2) is 43.3 Å². The fourth-order valence-corrected chi connectivity index (χ4v) is 5.96. The lowest BCUT2D eigenvalue weighted by Gasteiger charge is -2.41. The number of nitrogens with one attached hydrogen (secondary N) is 3. The van der Waals surface area contributed by atoms with Crippen molar-refractivity contribution < 1.29 is 27.5 Å². The van der Waals surface area contributed by atoms with Crippen LogP contribution in [0.4, 0.5) is 4.79 Å². The summed E-state index contributed by atoms with van der Waals surface area (Å²) in [6, 6.07) is 15.6. The van der Waals surface area contributed by atoms with Crippen molar-refractivity contribution in [2.75, 3.05) is 0 Å². The topological polar surface area (TPSA) is 131 Å². The molecule has 2 atom stereocenters. The lowest BCUT2D eigenvalue weighted by atomic mass is 9.80. The molecule has 0 spiro atoms. The zero-order chi connectivity index (χ0) is 24.2. The van der Waals surface area contributed by atoms with Gasteiger partial charge in [0.15, 0.2) is 5.37 Å². The Morgan fingerprint density at radius 2 is 1.59 bits per heavy atom. The maximum atomic E-state index is 13.3. The maximum Gasteiger partial charge on any atom is 0.408 e. The van der Waals surface area contributed by atoms with Crippen molar-refractivity contribution in [2.45, 2.75) is 60.6 Å². The monoisotopic (exact) mass is 485 g/mol. The number of β-lactam (4-membered cyclic amide) rings is 1. The van der Waals surface area contributed by atoms with E-state index in [1.165, 1.54) is 12.1 Å².